The van der Waals surface area contributed by atoms with Crippen LogP contribution >= 0.6 is 0 Å². The molecular weight excluding hydrogens is 344 g/mol. The van der Waals surface area contributed by atoms with E-state index < -0.39 is 0 Å². The fraction of sp³-hybridized carbons (Fsp3) is 0.500. The number of aromatic amines is 1. The number of piperidine rings is 1. The largest absolute Gasteiger partial charge is 0.477 e. The highest BCUT2D eigenvalue weighted by Crippen LogP contribution is 2.35. The van der Waals surface area contributed by atoms with Crippen molar-refractivity contribution in [1.82, 2.24) is 19.9 Å². The van der Waals surface area contributed by atoms with E-state index in [9.17, 15) is 9.59 Å². The first kappa shape index (κ1) is 17.7. The number of amides is 1. The molecule has 3 heterocycles. The van der Waals surface area contributed by atoms with Gasteiger partial charge < -0.3 is 14.6 Å². The number of nitrogens with zero attached hydrogens (tertiary/aromatic N) is 3. The second-order valence-corrected chi connectivity index (χ2v) is 7.40. The zero-order chi connectivity index (χ0) is 18.6. The molecule has 0 aromatic carbocycles. The van der Waals surface area contributed by atoms with E-state index in [1.54, 1.807) is 12.4 Å². The van der Waals surface area contributed by atoms with Gasteiger partial charge in [-0.05, 0) is 37.7 Å². The van der Waals surface area contributed by atoms with Crippen LogP contribution in [-0.4, -0.2) is 45.5 Å². The second-order valence-electron chi connectivity index (χ2n) is 7.40. The van der Waals surface area contributed by atoms with E-state index in [0.717, 1.165) is 18.5 Å². The van der Waals surface area contributed by atoms with Gasteiger partial charge in [0.25, 0.3) is 5.91 Å². The summed E-state index contributed by atoms with van der Waals surface area (Å²) >= 11 is 0. The minimum atomic E-state index is -0.254. The molecule has 1 aliphatic carbocycles. The van der Waals surface area contributed by atoms with Crippen molar-refractivity contribution in [1.29, 1.82) is 0 Å². The zero-order valence-corrected chi connectivity index (χ0v) is 15.3. The fourth-order valence-corrected chi connectivity index (χ4v) is 3.63. The molecule has 1 amide bonds. The molecule has 1 aliphatic heterocycles. The molecule has 27 heavy (non-hydrogen) atoms. The maximum atomic E-state index is 12.5. The van der Waals surface area contributed by atoms with Crippen molar-refractivity contribution in [2.45, 2.75) is 38.0 Å². The lowest BCUT2D eigenvalue weighted by Crippen LogP contribution is -2.40. The Kier molecular flexibility index (Phi) is 5.18. The lowest BCUT2D eigenvalue weighted by atomic mass is 9.83. The third-order valence-electron chi connectivity index (χ3n) is 5.58. The fourth-order valence-electron chi connectivity index (χ4n) is 3.63. The van der Waals surface area contributed by atoms with Gasteiger partial charge >= 0.3 is 0 Å². The normalized spacial score (nSPS) is 18.1. The minimum Gasteiger partial charge on any atom is -0.477 e. The van der Waals surface area contributed by atoms with Crippen LogP contribution in [0.15, 0.2) is 35.5 Å². The van der Waals surface area contributed by atoms with Crippen molar-refractivity contribution < 1.29 is 9.53 Å². The molecule has 0 bridgehead atoms. The molecule has 4 rings (SSSR count). The minimum absolute atomic E-state index is 0.0820. The Labute approximate surface area is 157 Å². The number of carbonyl (C=O) groups excluding carboxylic acids is 1. The Morgan fingerprint density at radius 3 is 2.70 bits per heavy atom. The summed E-state index contributed by atoms with van der Waals surface area (Å²) in [6.45, 7) is 1.96. The van der Waals surface area contributed by atoms with Gasteiger partial charge in [0.15, 0.2) is 0 Å². The maximum Gasteiger partial charge on any atom is 0.254 e. The summed E-state index contributed by atoms with van der Waals surface area (Å²) in [4.78, 5) is 36.8. The van der Waals surface area contributed by atoms with Gasteiger partial charge in [0.1, 0.15) is 6.33 Å². The molecule has 1 N–H and O–H groups in total. The van der Waals surface area contributed by atoms with Crippen molar-refractivity contribution >= 4 is 5.91 Å². The van der Waals surface area contributed by atoms with Crippen LogP contribution in [0.2, 0.25) is 0 Å². The van der Waals surface area contributed by atoms with Crippen molar-refractivity contribution in [2.75, 3.05) is 19.7 Å². The van der Waals surface area contributed by atoms with Crippen molar-refractivity contribution in [3.8, 4) is 5.88 Å². The van der Waals surface area contributed by atoms with Gasteiger partial charge in [0.2, 0.25) is 11.4 Å². The van der Waals surface area contributed by atoms with Crippen LogP contribution in [0.3, 0.4) is 0 Å². The molecule has 7 nitrogen and oxygen atoms in total. The van der Waals surface area contributed by atoms with Gasteiger partial charge in [-0.2, -0.15) is 0 Å². The van der Waals surface area contributed by atoms with Crippen LogP contribution in [0, 0.1) is 5.92 Å². The number of carbonyl (C=O) groups is 1. The topological polar surface area (TPSA) is 88.2 Å². The summed E-state index contributed by atoms with van der Waals surface area (Å²) in [5.41, 5.74) is 1.28. The molecule has 2 aromatic heterocycles. The van der Waals surface area contributed by atoms with Crippen molar-refractivity contribution in [3.63, 3.8) is 0 Å². The Bertz CT molecular complexity index is 854. The van der Waals surface area contributed by atoms with Gasteiger partial charge in [0.05, 0.1) is 12.3 Å². The summed E-state index contributed by atoms with van der Waals surface area (Å²) < 4.78 is 5.90. The highest BCUT2D eigenvalue weighted by Gasteiger charge is 2.25. The number of H-pyrrole nitrogens is 1. The smallest absolute Gasteiger partial charge is 0.254 e. The average molecular weight is 368 g/mol. The van der Waals surface area contributed by atoms with E-state index in [2.05, 4.69) is 15.0 Å². The number of hydrogen-bond acceptors (Lipinski definition) is 5. The quantitative estimate of drug-likeness (QED) is 0.875. The molecule has 7 heteroatoms. The molecule has 0 spiro atoms. The second kappa shape index (κ2) is 7.90. The SMILES string of the molecule is O=C(c1cc[nH]c(=O)c1)N1CCC(COc2cc(C3CCC3)ncn2)CC1. The highest BCUT2D eigenvalue weighted by atomic mass is 16.5. The third-order valence-corrected chi connectivity index (χ3v) is 5.58. The van der Waals surface area contributed by atoms with Gasteiger partial charge in [-0.1, -0.05) is 6.42 Å². The van der Waals surface area contributed by atoms with Gasteiger partial charge in [-0.25, -0.2) is 9.97 Å². The van der Waals surface area contributed by atoms with E-state index in [-0.39, 0.29) is 11.5 Å². The van der Waals surface area contributed by atoms with Crippen molar-refractivity contribution in [3.05, 3.63) is 52.3 Å². The number of nitrogens with one attached hydrogen (secondary N) is 1. The highest BCUT2D eigenvalue weighted by molar-refractivity contribution is 5.94. The first-order valence-corrected chi connectivity index (χ1v) is 9.62. The first-order chi connectivity index (χ1) is 13.2. The molecule has 1 saturated carbocycles. The van der Waals surface area contributed by atoms with Gasteiger partial charge in [-0.15, -0.1) is 0 Å². The summed E-state index contributed by atoms with van der Waals surface area (Å²) in [6, 6.07) is 4.97. The number of rotatable bonds is 5. The predicted octanol–water partition coefficient (Wildman–Crippen LogP) is 2.36. The number of hydrogen-bond donors (Lipinski definition) is 1. The summed E-state index contributed by atoms with van der Waals surface area (Å²) in [5, 5.41) is 0. The lowest BCUT2D eigenvalue weighted by molar-refractivity contribution is 0.0659. The standard InChI is InChI=1S/C20H24N4O3/c25-18-10-16(4-7-21-18)20(26)24-8-5-14(6-9-24)12-27-19-11-17(22-13-23-19)15-2-1-3-15/h4,7,10-11,13-15H,1-3,5-6,8-9,12H2,(H,21,25). The van der Waals surface area contributed by atoms with E-state index in [4.69, 9.17) is 4.74 Å². The van der Waals surface area contributed by atoms with Crippen LogP contribution in [0.5, 0.6) is 5.88 Å². The van der Waals surface area contributed by atoms with E-state index in [1.165, 1.54) is 31.5 Å². The first-order valence-electron chi connectivity index (χ1n) is 9.62. The summed E-state index contributed by atoms with van der Waals surface area (Å²) in [7, 11) is 0. The molecule has 2 aliphatic rings. The summed E-state index contributed by atoms with van der Waals surface area (Å²) in [6.07, 6.45) is 8.55. The molecule has 2 fully saturated rings. The molecule has 1 saturated heterocycles. The van der Waals surface area contributed by atoms with E-state index >= 15 is 0 Å². The number of ether oxygens (including phenoxy) is 1. The number of likely N-dealkylation sites (tertiary alicyclic amines) is 1. The average Bonchev–Trinajstić information content (AvgIpc) is 2.65. The lowest BCUT2D eigenvalue weighted by Gasteiger charge is -2.32. The monoisotopic (exact) mass is 368 g/mol. The van der Waals surface area contributed by atoms with Crippen LogP contribution in [0.4, 0.5) is 0 Å². The van der Waals surface area contributed by atoms with Gasteiger partial charge in [-0.3, -0.25) is 9.59 Å². The Morgan fingerprint density at radius 2 is 2.00 bits per heavy atom. The van der Waals surface area contributed by atoms with Crippen molar-refractivity contribution in [2.24, 2.45) is 5.92 Å². The molecule has 0 unspecified atom stereocenters. The van der Waals surface area contributed by atoms with E-state index in [1.807, 2.05) is 11.0 Å². The molecule has 0 radical (unpaired) electrons. The maximum absolute atomic E-state index is 12.5. The molecular formula is C20H24N4O3. The van der Waals surface area contributed by atoms with Crippen LogP contribution in [0.1, 0.15) is 54.1 Å². The predicted molar refractivity (Wildman–Crippen MR) is 99.8 cm³/mol. The number of aromatic nitrogens is 3. The van der Waals surface area contributed by atoms with Crippen LogP contribution in [-0.2, 0) is 0 Å². The third kappa shape index (κ3) is 4.18. The Balaban J connectivity index is 1.27. The molecule has 142 valence electrons. The molecule has 2 aromatic rings. The van der Waals surface area contributed by atoms with E-state index in [0.29, 0.717) is 43.0 Å². The molecule has 0 atom stereocenters. The zero-order valence-electron chi connectivity index (χ0n) is 15.3. The van der Waals surface area contributed by atoms with Crippen LogP contribution in [0.25, 0.3) is 0 Å². The van der Waals surface area contributed by atoms with Gasteiger partial charge in [0, 0.05) is 42.9 Å². The summed E-state index contributed by atoms with van der Waals surface area (Å²) in [5.74, 6) is 1.53. The Hall–Kier alpha value is -2.70. The van der Waals surface area contributed by atoms with Crippen LogP contribution < -0.4 is 10.3 Å². The number of pyridine rings is 1. The Morgan fingerprint density at radius 1 is 1.19 bits per heavy atom.